The van der Waals surface area contributed by atoms with Crippen molar-refractivity contribution in [1.82, 2.24) is 19.3 Å². The highest BCUT2D eigenvalue weighted by atomic mass is 32.1. The zero-order valence-electron chi connectivity index (χ0n) is 12.1. The highest BCUT2D eigenvalue weighted by molar-refractivity contribution is 7.13. The average Bonchev–Trinajstić information content (AvgIpc) is 3.21. The second-order valence-electron chi connectivity index (χ2n) is 5.18. The molecule has 3 aromatic rings. The first-order valence-corrected chi connectivity index (χ1v) is 7.98. The molecule has 1 atom stereocenters. The summed E-state index contributed by atoms with van der Waals surface area (Å²) in [6.45, 7) is 0.959. The van der Waals surface area contributed by atoms with Gasteiger partial charge >= 0.3 is 0 Å². The molecule has 1 fully saturated rings. The van der Waals surface area contributed by atoms with E-state index in [2.05, 4.69) is 25.3 Å². The van der Waals surface area contributed by atoms with Crippen molar-refractivity contribution in [3.8, 4) is 5.88 Å². The van der Waals surface area contributed by atoms with Crippen molar-refractivity contribution >= 4 is 27.7 Å². The first kappa shape index (κ1) is 13.4. The molecule has 1 aliphatic rings. The number of fused-ring (bicyclic) bond motifs is 1. The fourth-order valence-corrected chi connectivity index (χ4v) is 3.65. The minimum absolute atomic E-state index is 0.222. The number of aromatic nitrogens is 4. The molecule has 7 heteroatoms. The van der Waals surface area contributed by atoms with E-state index in [4.69, 9.17) is 9.72 Å². The smallest absolute Gasteiger partial charge is 0.234 e. The Bertz CT molecular complexity index is 791. The number of methoxy groups -OCH3 is 1. The monoisotopic (exact) mass is 313 g/mol. The van der Waals surface area contributed by atoms with Crippen molar-refractivity contribution in [2.75, 3.05) is 18.6 Å². The van der Waals surface area contributed by atoms with Crippen LogP contribution in [0, 0.1) is 0 Å². The van der Waals surface area contributed by atoms with Crippen molar-refractivity contribution < 1.29 is 4.74 Å². The first-order chi connectivity index (χ1) is 10.9. The van der Waals surface area contributed by atoms with Crippen LogP contribution in [0.3, 0.4) is 0 Å². The molecule has 112 valence electrons. The number of anilines is 1. The lowest BCUT2D eigenvalue weighted by Crippen LogP contribution is -2.25. The molecule has 0 spiro atoms. The van der Waals surface area contributed by atoms with Crippen LogP contribution in [0.5, 0.6) is 5.88 Å². The van der Waals surface area contributed by atoms with Gasteiger partial charge in [-0.15, -0.1) is 0 Å². The Morgan fingerprint density at radius 3 is 2.95 bits per heavy atom. The van der Waals surface area contributed by atoms with E-state index in [1.165, 1.54) is 11.5 Å². The van der Waals surface area contributed by atoms with Gasteiger partial charge in [-0.25, -0.2) is 15.0 Å². The zero-order chi connectivity index (χ0) is 14.9. The van der Waals surface area contributed by atoms with Crippen LogP contribution in [-0.2, 0) is 0 Å². The van der Waals surface area contributed by atoms with E-state index in [1.54, 1.807) is 19.5 Å². The maximum Gasteiger partial charge on any atom is 0.234 e. The summed E-state index contributed by atoms with van der Waals surface area (Å²) in [6.07, 6.45) is 5.74. The molecule has 3 aromatic heterocycles. The van der Waals surface area contributed by atoms with Crippen LogP contribution in [0.1, 0.15) is 24.6 Å². The van der Waals surface area contributed by atoms with E-state index in [0.29, 0.717) is 5.88 Å². The first-order valence-electron chi connectivity index (χ1n) is 7.21. The summed E-state index contributed by atoms with van der Waals surface area (Å²) in [6, 6.07) is 6.16. The molecule has 0 N–H and O–H groups in total. The summed E-state index contributed by atoms with van der Waals surface area (Å²) < 4.78 is 9.53. The van der Waals surface area contributed by atoms with Crippen molar-refractivity contribution in [2.45, 2.75) is 18.9 Å². The Hall–Kier alpha value is -2.28. The standard InChI is InChI=1S/C15H15N5OS/c1-21-13-10-5-6-11(18-14(10)22-19-13)12-4-2-9-20(12)15-16-7-3-8-17-15/h3,5-8,12H,2,4,9H2,1H3/t12-/m0/s1. The second-order valence-corrected chi connectivity index (χ2v) is 5.93. The minimum Gasteiger partial charge on any atom is -0.480 e. The van der Waals surface area contributed by atoms with Gasteiger partial charge in [0.15, 0.2) is 0 Å². The van der Waals surface area contributed by atoms with Gasteiger partial charge in [0.1, 0.15) is 4.83 Å². The molecule has 1 aliphatic heterocycles. The topological polar surface area (TPSA) is 64.0 Å². The third-order valence-electron chi connectivity index (χ3n) is 3.92. The zero-order valence-corrected chi connectivity index (χ0v) is 13.0. The lowest BCUT2D eigenvalue weighted by molar-refractivity contribution is 0.407. The van der Waals surface area contributed by atoms with Gasteiger partial charge in [-0.1, -0.05) is 0 Å². The Morgan fingerprint density at radius 1 is 1.27 bits per heavy atom. The number of ether oxygens (including phenoxy) is 1. The lowest BCUT2D eigenvalue weighted by atomic mass is 10.1. The van der Waals surface area contributed by atoms with Crippen molar-refractivity contribution in [2.24, 2.45) is 0 Å². The van der Waals surface area contributed by atoms with Gasteiger partial charge in [-0.3, -0.25) is 0 Å². The third-order valence-corrected chi connectivity index (χ3v) is 4.67. The molecule has 6 nitrogen and oxygen atoms in total. The largest absolute Gasteiger partial charge is 0.480 e. The molecule has 22 heavy (non-hydrogen) atoms. The van der Waals surface area contributed by atoms with Crippen molar-refractivity contribution in [3.63, 3.8) is 0 Å². The van der Waals surface area contributed by atoms with E-state index in [0.717, 1.165) is 41.2 Å². The fraction of sp³-hybridized carbons (Fsp3) is 0.333. The third kappa shape index (κ3) is 2.18. The average molecular weight is 313 g/mol. The van der Waals surface area contributed by atoms with Gasteiger partial charge < -0.3 is 9.64 Å². The summed E-state index contributed by atoms with van der Waals surface area (Å²) >= 11 is 1.37. The molecule has 0 amide bonds. The number of hydrogen-bond acceptors (Lipinski definition) is 7. The van der Waals surface area contributed by atoms with Crippen LogP contribution in [0.4, 0.5) is 5.95 Å². The number of pyridine rings is 1. The van der Waals surface area contributed by atoms with E-state index >= 15 is 0 Å². The molecular weight excluding hydrogens is 298 g/mol. The summed E-state index contributed by atoms with van der Waals surface area (Å²) in [7, 11) is 1.63. The normalized spacial score (nSPS) is 18.0. The van der Waals surface area contributed by atoms with Crippen LogP contribution in [-0.4, -0.2) is 33.0 Å². The number of hydrogen-bond donors (Lipinski definition) is 0. The summed E-state index contributed by atoms with van der Waals surface area (Å²) in [5.74, 6) is 1.42. The predicted octanol–water partition coefficient (Wildman–Crippen LogP) is 2.83. The molecule has 0 unspecified atom stereocenters. The number of rotatable bonds is 3. The van der Waals surface area contributed by atoms with Crippen molar-refractivity contribution in [1.29, 1.82) is 0 Å². The Balaban J connectivity index is 1.71. The predicted molar refractivity (Wildman–Crippen MR) is 85.3 cm³/mol. The Morgan fingerprint density at radius 2 is 2.14 bits per heavy atom. The van der Waals surface area contributed by atoms with Gasteiger partial charge in [0.2, 0.25) is 11.8 Å². The summed E-state index contributed by atoms with van der Waals surface area (Å²) in [4.78, 5) is 16.7. The van der Waals surface area contributed by atoms with Crippen LogP contribution in [0.15, 0.2) is 30.6 Å². The molecule has 0 radical (unpaired) electrons. The quantitative estimate of drug-likeness (QED) is 0.741. The van der Waals surface area contributed by atoms with Gasteiger partial charge in [-0.05, 0) is 42.6 Å². The lowest BCUT2D eigenvalue weighted by Gasteiger charge is -2.23. The molecule has 4 heterocycles. The van der Waals surface area contributed by atoms with Crippen LogP contribution in [0.25, 0.3) is 10.2 Å². The molecule has 0 aromatic carbocycles. The number of nitrogens with zero attached hydrogens (tertiary/aromatic N) is 5. The van der Waals surface area contributed by atoms with Gasteiger partial charge in [0.05, 0.1) is 24.2 Å². The van der Waals surface area contributed by atoms with Crippen LogP contribution < -0.4 is 9.64 Å². The van der Waals surface area contributed by atoms with E-state index in [-0.39, 0.29) is 6.04 Å². The Labute approximate surface area is 132 Å². The highest BCUT2D eigenvalue weighted by Gasteiger charge is 2.29. The molecule has 0 bridgehead atoms. The second kappa shape index (κ2) is 5.49. The molecule has 4 rings (SSSR count). The SMILES string of the molecule is COc1nsc2nc([C@@H]3CCCN3c3ncccn3)ccc12. The van der Waals surface area contributed by atoms with E-state index in [1.807, 2.05) is 12.1 Å². The molecular formula is C15H15N5OS. The van der Waals surface area contributed by atoms with E-state index < -0.39 is 0 Å². The van der Waals surface area contributed by atoms with Crippen molar-refractivity contribution in [3.05, 3.63) is 36.3 Å². The summed E-state index contributed by atoms with van der Waals surface area (Å²) in [5, 5.41) is 0.969. The van der Waals surface area contributed by atoms with Gasteiger partial charge in [0, 0.05) is 18.9 Å². The highest BCUT2D eigenvalue weighted by Crippen LogP contribution is 2.35. The molecule has 0 saturated carbocycles. The minimum atomic E-state index is 0.222. The maximum atomic E-state index is 5.25. The van der Waals surface area contributed by atoms with Crippen LogP contribution >= 0.6 is 11.5 Å². The molecule has 0 aliphatic carbocycles. The fourth-order valence-electron chi connectivity index (χ4n) is 2.91. The van der Waals surface area contributed by atoms with Crippen LogP contribution in [0.2, 0.25) is 0 Å². The maximum absolute atomic E-state index is 5.25. The summed E-state index contributed by atoms with van der Waals surface area (Å²) in [5.41, 5.74) is 1.05. The van der Waals surface area contributed by atoms with E-state index in [9.17, 15) is 0 Å². The molecule has 1 saturated heterocycles. The van der Waals surface area contributed by atoms with Gasteiger partial charge in [0.25, 0.3) is 0 Å². The van der Waals surface area contributed by atoms with Gasteiger partial charge in [-0.2, -0.15) is 4.37 Å². The Kier molecular flexibility index (Phi) is 3.34.